The molecule has 1 saturated heterocycles. The van der Waals surface area contributed by atoms with Crippen LogP contribution in [0, 0.1) is 0 Å². The number of Topliss-reactive ketones (excluding diaryl/α,β-unsaturated/α-hetero) is 1. The van der Waals surface area contributed by atoms with E-state index in [2.05, 4.69) is 0 Å². The number of carbonyl (C=O) groups excluding carboxylic acids is 4. The number of imide groups is 1. The van der Waals surface area contributed by atoms with E-state index in [1.807, 2.05) is 0 Å². The van der Waals surface area contributed by atoms with Gasteiger partial charge in [-0.1, -0.05) is 35.9 Å². The molecule has 9 heteroatoms. The standard InChI is InChI=1S/C23H19ClF2N2O4/c24-16-5-3-15(4-6-16)23(25,26)19(29)9-2-13-1-7-17-14(11-13)12-28(22(17)32)18-8-10-20(30)27-21(18)31/h1,3-7,11,18H,2,8-10,12H2,(H,27,30,31)/t18-/m0/s1/i2D,8D2,10D2,18D/t2?,18-. The predicted molar refractivity (Wildman–Crippen MR) is 111 cm³/mol. The summed E-state index contributed by atoms with van der Waals surface area (Å²) in [7, 11) is 0. The molecule has 0 bridgehead atoms. The lowest BCUT2D eigenvalue weighted by atomic mass is 9.97. The van der Waals surface area contributed by atoms with E-state index in [1.54, 1.807) is 5.32 Å². The Balaban J connectivity index is 1.58. The normalized spacial score (nSPS) is 27.7. The van der Waals surface area contributed by atoms with Gasteiger partial charge in [0.25, 0.3) is 5.91 Å². The molecule has 2 aliphatic heterocycles. The lowest BCUT2D eigenvalue weighted by Crippen LogP contribution is -2.52. The molecule has 6 nitrogen and oxygen atoms in total. The van der Waals surface area contributed by atoms with Gasteiger partial charge in [-0.05, 0) is 42.1 Å². The fraction of sp³-hybridized carbons (Fsp3) is 0.304. The van der Waals surface area contributed by atoms with Gasteiger partial charge in [-0.3, -0.25) is 24.5 Å². The number of fused-ring (bicyclic) bond motifs is 1. The molecule has 1 unspecified atom stereocenters. The molecule has 0 spiro atoms. The number of alkyl halides is 2. The molecule has 2 aromatic carbocycles. The maximum atomic E-state index is 14.7. The molecule has 1 N–H and O–H groups in total. The maximum absolute atomic E-state index is 14.7. The maximum Gasteiger partial charge on any atom is 0.330 e. The number of hydrogen-bond donors (Lipinski definition) is 1. The Morgan fingerprint density at radius 2 is 1.97 bits per heavy atom. The summed E-state index contributed by atoms with van der Waals surface area (Å²) in [5.74, 6) is -9.53. The van der Waals surface area contributed by atoms with Crippen LogP contribution in [-0.4, -0.2) is 34.4 Å². The number of benzene rings is 2. The average molecular weight is 467 g/mol. The minimum absolute atomic E-state index is 0.0688. The van der Waals surface area contributed by atoms with Gasteiger partial charge in [-0.25, -0.2) is 0 Å². The van der Waals surface area contributed by atoms with Crippen molar-refractivity contribution in [3.05, 3.63) is 69.7 Å². The smallest absolute Gasteiger partial charge is 0.322 e. The summed E-state index contributed by atoms with van der Waals surface area (Å²) in [5.41, 5.74) is -0.506. The molecule has 0 aromatic heterocycles. The van der Waals surface area contributed by atoms with Gasteiger partial charge in [0.05, 0.1) is 1.37 Å². The summed E-state index contributed by atoms with van der Waals surface area (Å²) in [4.78, 5) is 50.3. The SMILES string of the molecule is [2H]C(CC(=O)C(F)(F)c1ccc(Cl)cc1)c1ccc2c(c1)CN([C@]1([2H])C(=O)NC(=O)C([2H])([2H])C1([2H])[2H])C2=O. The number of halogens is 3. The van der Waals surface area contributed by atoms with E-state index in [4.69, 9.17) is 19.8 Å². The van der Waals surface area contributed by atoms with Crippen LogP contribution < -0.4 is 5.32 Å². The summed E-state index contributed by atoms with van der Waals surface area (Å²) in [6.45, 7) is -0.565. The van der Waals surface area contributed by atoms with Crippen LogP contribution in [0.25, 0.3) is 0 Å². The molecule has 0 radical (unpaired) electrons. The molecular weight excluding hydrogens is 442 g/mol. The van der Waals surface area contributed by atoms with Crippen LogP contribution in [0.15, 0.2) is 42.5 Å². The molecule has 2 aromatic rings. The number of piperidine rings is 1. The summed E-state index contributed by atoms with van der Waals surface area (Å²) >= 11 is 5.70. The quantitative estimate of drug-likeness (QED) is 0.661. The Hall–Kier alpha value is -3.13. The largest absolute Gasteiger partial charge is 0.330 e. The summed E-state index contributed by atoms with van der Waals surface area (Å²) in [6, 6.07) is 4.92. The van der Waals surface area contributed by atoms with Crippen molar-refractivity contribution in [3.8, 4) is 0 Å². The number of nitrogens with one attached hydrogen (secondary N) is 1. The first-order valence-electron chi connectivity index (χ1n) is 12.4. The van der Waals surface area contributed by atoms with E-state index in [0.29, 0.717) is 4.90 Å². The van der Waals surface area contributed by atoms with Crippen LogP contribution in [0.5, 0.6) is 0 Å². The van der Waals surface area contributed by atoms with Crippen molar-refractivity contribution in [2.45, 2.75) is 44.0 Å². The lowest BCUT2D eigenvalue weighted by molar-refractivity contribution is -0.144. The van der Waals surface area contributed by atoms with Gasteiger partial charge in [-0.2, -0.15) is 8.78 Å². The number of amides is 3. The summed E-state index contributed by atoms with van der Waals surface area (Å²) in [6.07, 6.45) is -9.14. The summed E-state index contributed by atoms with van der Waals surface area (Å²) in [5, 5.41) is 1.80. The average Bonchev–Trinajstić information content (AvgIpc) is 3.18. The highest BCUT2D eigenvalue weighted by atomic mass is 35.5. The minimum Gasteiger partial charge on any atom is -0.322 e. The zero-order chi connectivity index (χ0) is 28.4. The van der Waals surface area contributed by atoms with Crippen LogP contribution in [0.4, 0.5) is 8.78 Å². The molecule has 3 amide bonds. The second kappa shape index (κ2) is 8.43. The van der Waals surface area contributed by atoms with Crippen molar-refractivity contribution < 1.29 is 36.2 Å². The highest BCUT2D eigenvalue weighted by Gasteiger charge is 2.41. The first-order chi connectivity index (χ1) is 17.5. The van der Waals surface area contributed by atoms with Crippen LogP contribution in [0.2, 0.25) is 5.02 Å². The van der Waals surface area contributed by atoms with Crippen molar-refractivity contribution in [2.24, 2.45) is 0 Å². The van der Waals surface area contributed by atoms with E-state index in [9.17, 15) is 28.0 Å². The van der Waals surface area contributed by atoms with E-state index in [-0.39, 0.29) is 21.7 Å². The Morgan fingerprint density at radius 1 is 1.25 bits per heavy atom. The van der Waals surface area contributed by atoms with Crippen LogP contribution >= 0.6 is 11.6 Å². The molecule has 0 saturated carbocycles. The Labute approximate surface area is 196 Å². The molecule has 2 heterocycles. The Bertz CT molecular complexity index is 1370. The second-order valence-electron chi connectivity index (χ2n) is 7.10. The van der Waals surface area contributed by atoms with Crippen molar-refractivity contribution in [3.63, 3.8) is 0 Å². The molecular formula is C23H19ClF2N2O4. The van der Waals surface area contributed by atoms with Crippen LogP contribution in [0.1, 0.15) is 54.4 Å². The fourth-order valence-corrected chi connectivity index (χ4v) is 3.49. The van der Waals surface area contributed by atoms with Crippen molar-refractivity contribution in [1.29, 1.82) is 0 Å². The van der Waals surface area contributed by atoms with Gasteiger partial charge in [0.1, 0.15) is 6.02 Å². The number of aryl methyl sites for hydroxylation is 1. The van der Waals surface area contributed by atoms with E-state index in [0.717, 1.165) is 12.1 Å². The van der Waals surface area contributed by atoms with Gasteiger partial charge in [0.2, 0.25) is 17.6 Å². The van der Waals surface area contributed by atoms with E-state index in [1.165, 1.54) is 30.3 Å². The molecule has 0 aliphatic carbocycles. The Morgan fingerprint density at radius 3 is 2.69 bits per heavy atom. The van der Waals surface area contributed by atoms with Crippen molar-refractivity contribution in [1.82, 2.24) is 10.2 Å². The molecule has 4 rings (SSSR count). The first kappa shape index (κ1) is 15.6. The van der Waals surface area contributed by atoms with Crippen LogP contribution in [0.3, 0.4) is 0 Å². The summed E-state index contributed by atoms with van der Waals surface area (Å²) < 4.78 is 77.9. The first-order valence-corrected chi connectivity index (χ1v) is 9.74. The number of carbonyl (C=O) groups is 4. The third-order valence-corrected chi connectivity index (χ3v) is 5.27. The molecule has 2 aliphatic rings. The monoisotopic (exact) mass is 466 g/mol. The lowest BCUT2D eigenvalue weighted by Gasteiger charge is -2.29. The molecule has 166 valence electrons. The van der Waals surface area contributed by atoms with Crippen LogP contribution in [-0.2, 0) is 33.2 Å². The van der Waals surface area contributed by atoms with Crippen molar-refractivity contribution >= 4 is 35.1 Å². The van der Waals surface area contributed by atoms with Crippen molar-refractivity contribution in [2.75, 3.05) is 0 Å². The number of nitrogens with zero attached hydrogens (tertiary/aromatic N) is 1. The van der Waals surface area contributed by atoms with E-state index < -0.39 is 73.1 Å². The fourth-order valence-electron chi connectivity index (χ4n) is 3.36. The van der Waals surface area contributed by atoms with Gasteiger partial charge in [0.15, 0.2) is 0 Å². The number of ketones is 1. The third kappa shape index (κ3) is 4.14. The third-order valence-electron chi connectivity index (χ3n) is 5.02. The molecule has 32 heavy (non-hydrogen) atoms. The molecule has 2 atom stereocenters. The predicted octanol–water partition coefficient (Wildman–Crippen LogP) is 3.39. The zero-order valence-electron chi connectivity index (χ0n) is 22.2. The van der Waals surface area contributed by atoms with Gasteiger partial charge < -0.3 is 4.90 Å². The Kier molecular flexibility index (Phi) is 4.12. The number of hydrogen-bond acceptors (Lipinski definition) is 4. The second-order valence-corrected chi connectivity index (χ2v) is 7.54. The van der Waals surface area contributed by atoms with Gasteiger partial charge in [-0.15, -0.1) is 0 Å². The number of rotatable bonds is 6. The highest BCUT2D eigenvalue weighted by molar-refractivity contribution is 6.30. The zero-order valence-corrected chi connectivity index (χ0v) is 17.0. The van der Waals surface area contributed by atoms with E-state index >= 15 is 0 Å². The van der Waals surface area contributed by atoms with Gasteiger partial charge in [0, 0.05) is 42.3 Å². The molecule has 1 fully saturated rings. The highest BCUT2D eigenvalue weighted by Crippen LogP contribution is 2.32. The topological polar surface area (TPSA) is 83.6 Å². The van der Waals surface area contributed by atoms with Gasteiger partial charge >= 0.3 is 5.92 Å². The minimum atomic E-state index is -3.89.